The van der Waals surface area contributed by atoms with Gasteiger partial charge < -0.3 is 9.80 Å². The van der Waals surface area contributed by atoms with Crippen LogP contribution in [-0.2, 0) is 0 Å². The van der Waals surface area contributed by atoms with E-state index in [-0.39, 0.29) is 0 Å². The quantitative estimate of drug-likeness (QED) is 0.747. The molecule has 3 rings (SSSR count). The molecule has 2 fully saturated rings. The first-order chi connectivity index (χ1) is 8.74. The molecule has 0 bridgehead atoms. The normalized spacial score (nSPS) is 23.1. The SMILES string of the molecule is Cc1nccnc1N1CC(N2CCN(C)CC2)C1. The van der Waals surface area contributed by atoms with E-state index in [0.717, 1.165) is 24.6 Å². The van der Waals surface area contributed by atoms with Crippen LogP contribution in [0.25, 0.3) is 0 Å². The molecule has 1 aromatic heterocycles. The predicted molar refractivity (Wildman–Crippen MR) is 71.8 cm³/mol. The second-order valence-electron chi connectivity index (χ2n) is 5.36. The highest BCUT2D eigenvalue weighted by Crippen LogP contribution is 2.23. The summed E-state index contributed by atoms with van der Waals surface area (Å²) < 4.78 is 0. The zero-order valence-electron chi connectivity index (χ0n) is 11.2. The minimum absolute atomic E-state index is 0.708. The smallest absolute Gasteiger partial charge is 0.150 e. The van der Waals surface area contributed by atoms with Crippen molar-refractivity contribution in [3.63, 3.8) is 0 Å². The minimum Gasteiger partial charge on any atom is -0.352 e. The second-order valence-corrected chi connectivity index (χ2v) is 5.36. The van der Waals surface area contributed by atoms with Gasteiger partial charge in [-0.15, -0.1) is 0 Å². The van der Waals surface area contributed by atoms with Crippen LogP contribution in [0.5, 0.6) is 0 Å². The zero-order chi connectivity index (χ0) is 12.5. The van der Waals surface area contributed by atoms with E-state index >= 15 is 0 Å². The van der Waals surface area contributed by atoms with Gasteiger partial charge in [0.25, 0.3) is 0 Å². The van der Waals surface area contributed by atoms with E-state index < -0.39 is 0 Å². The maximum absolute atomic E-state index is 4.43. The van der Waals surface area contributed by atoms with Crippen molar-refractivity contribution in [3.05, 3.63) is 18.1 Å². The Labute approximate surface area is 108 Å². The van der Waals surface area contributed by atoms with Gasteiger partial charge in [0.2, 0.25) is 0 Å². The number of aromatic nitrogens is 2. The summed E-state index contributed by atoms with van der Waals surface area (Å²) in [6.07, 6.45) is 3.54. The molecule has 0 saturated carbocycles. The molecule has 2 aliphatic heterocycles. The van der Waals surface area contributed by atoms with Crippen LogP contribution in [0, 0.1) is 6.92 Å². The van der Waals surface area contributed by atoms with Crippen LogP contribution < -0.4 is 4.90 Å². The Balaban J connectivity index is 1.56. The fourth-order valence-corrected chi connectivity index (χ4v) is 2.76. The van der Waals surface area contributed by atoms with E-state index in [0.29, 0.717) is 6.04 Å². The average Bonchev–Trinajstić information content (AvgIpc) is 2.32. The number of piperazine rings is 1. The van der Waals surface area contributed by atoms with E-state index in [1.807, 2.05) is 6.92 Å². The van der Waals surface area contributed by atoms with Gasteiger partial charge in [-0.2, -0.15) is 0 Å². The summed E-state index contributed by atoms with van der Waals surface area (Å²) in [4.78, 5) is 16.1. The molecule has 0 radical (unpaired) electrons. The van der Waals surface area contributed by atoms with E-state index in [1.54, 1.807) is 12.4 Å². The third-order valence-corrected chi connectivity index (χ3v) is 4.07. The Bertz CT molecular complexity index is 408. The summed E-state index contributed by atoms with van der Waals surface area (Å²) >= 11 is 0. The van der Waals surface area contributed by atoms with Crippen molar-refractivity contribution in [3.8, 4) is 0 Å². The maximum Gasteiger partial charge on any atom is 0.150 e. The first kappa shape index (κ1) is 11.9. The Morgan fingerprint density at radius 1 is 1.06 bits per heavy atom. The molecule has 1 aromatic rings. The lowest BCUT2D eigenvalue weighted by atomic mass is 10.1. The highest BCUT2D eigenvalue weighted by molar-refractivity contribution is 5.45. The first-order valence-corrected chi connectivity index (χ1v) is 6.69. The molecule has 0 atom stereocenters. The van der Waals surface area contributed by atoms with Gasteiger partial charge in [-0.05, 0) is 14.0 Å². The summed E-state index contributed by atoms with van der Waals surface area (Å²) in [7, 11) is 2.20. The molecule has 2 saturated heterocycles. The number of anilines is 1. The van der Waals surface area contributed by atoms with Crippen LogP contribution in [0.4, 0.5) is 5.82 Å². The van der Waals surface area contributed by atoms with E-state index in [4.69, 9.17) is 0 Å². The summed E-state index contributed by atoms with van der Waals surface area (Å²) in [6.45, 7) is 9.03. The molecular weight excluding hydrogens is 226 g/mol. The van der Waals surface area contributed by atoms with Gasteiger partial charge in [0, 0.05) is 57.7 Å². The topological polar surface area (TPSA) is 35.5 Å². The van der Waals surface area contributed by atoms with Crippen molar-refractivity contribution in [2.75, 3.05) is 51.2 Å². The van der Waals surface area contributed by atoms with Gasteiger partial charge >= 0.3 is 0 Å². The molecule has 3 heterocycles. The van der Waals surface area contributed by atoms with Crippen LogP contribution in [0.2, 0.25) is 0 Å². The second kappa shape index (κ2) is 4.82. The highest BCUT2D eigenvalue weighted by atomic mass is 15.4. The Morgan fingerprint density at radius 2 is 1.72 bits per heavy atom. The van der Waals surface area contributed by atoms with Gasteiger partial charge in [0.05, 0.1) is 5.69 Å². The highest BCUT2D eigenvalue weighted by Gasteiger charge is 2.34. The third kappa shape index (κ3) is 2.20. The maximum atomic E-state index is 4.43. The molecule has 18 heavy (non-hydrogen) atoms. The summed E-state index contributed by atoms with van der Waals surface area (Å²) in [5.74, 6) is 1.06. The molecule has 0 amide bonds. The van der Waals surface area contributed by atoms with Crippen LogP contribution in [-0.4, -0.2) is 72.1 Å². The molecule has 0 aliphatic carbocycles. The van der Waals surface area contributed by atoms with Gasteiger partial charge in [-0.3, -0.25) is 9.88 Å². The molecule has 0 spiro atoms. The lowest BCUT2D eigenvalue weighted by Crippen LogP contribution is -2.63. The average molecular weight is 247 g/mol. The number of hydrogen-bond acceptors (Lipinski definition) is 5. The van der Waals surface area contributed by atoms with Crippen LogP contribution in [0.15, 0.2) is 12.4 Å². The molecule has 5 nitrogen and oxygen atoms in total. The van der Waals surface area contributed by atoms with Gasteiger partial charge in [-0.25, -0.2) is 4.98 Å². The molecule has 98 valence electrons. The largest absolute Gasteiger partial charge is 0.352 e. The van der Waals surface area contributed by atoms with E-state index in [2.05, 4.69) is 31.7 Å². The zero-order valence-corrected chi connectivity index (χ0v) is 11.2. The standard InChI is InChI=1S/C13H21N5/c1-11-13(15-4-3-14-11)18-9-12(10-18)17-7-5-16(2)6-8-17/h3-4,12H,5-10H2,1-2H3. The lowest BCUT2D eigenvalue weighted by molar-refractivity contribution is 0.0960. The van der Waals surface area contributed by atoms with Crippen LogP contribution in [0.1, 0.15) is 5.69 Å². The summed E-state index contributed by atoms with van der Waals surface area (Å²) in [5, 5.41) is 0. The number of aryl methyl sites for hydroxylation is 1. The van der Waals surface area contributed by atoms with Crippen molar-refractivity contribution in [1.82, 2.24) is 19.8 Å². The van der Waals surface area contributed by atoms with Gasteiger partial charge in [-0.1, -0.05) is 0 Å². The van der Waals surface area contributed by atoms with Crippen molar-refractivity contribution < 1.29 is 0 Å². The number of likely N-dealkylation sites (N-methyl/N-ethyl adjacent to an activating group) is 1. The van der Waals surface area contributed by atoms with Crippen molar-refractivity contribution in [2.45, 2.75) is 13.0 Å². The van der Waals surface area contributed by atoms with Crippen LogP contribution >= 0.6 is 0 Å². The Hall–Kier alpha value is -1.20. The molecule has 0 N–H and O–H groups in total. The van der Waals surface area contributed by atoms with Gasteiger partial charge in [0.1, 0.15) is 5.82 Å². The Morgan fingerprint density at radius 3 is 2.39 bits per heavy atom. The number of hydrogen-bond donors (Lipinski definition) is 0. The van der Waals surface area contributed by atoms with Crippen LogP contribution in [0.3, 0.4) is 0 Å². The summed E-state index contributed by atoms with van der Waals surface area (Å²) in [6, 6.07) is 0.708. The lowest BCUT2D eigenvalue weighted by Gasteiger charge is -2.48. The monoisotopic (exact) mass is 247 g/mol. The predicted octanol–water partition coefficient (Wildman–Crippen LogP) is 0.221. The van der Waals surface area contributed by atoms with Crippen molar-refractivity contribution in [1.29, 1.82) is 0 Å². The van der Waals surface area contributed by atoms with Gasteiger partial charge in [0.15, 0.2) is 0 Å². The van der Waals surface area contributed by atoms with Crippen molar-refractivity contribution >= 4 is 5.82 Å². The summed E-state index contributed by atoms with van der Waals surface area (Å²) in [5.41, 5.74) is 1.04. The molecular formula is C13H21N5. The number of rotatable bonds is 2. The fraction of sp³-hybridized carbons (Fsp3) is 0.692. The molecule has 0 unspecified atom stereocenters. The van der Waals surface area contributed by atoms with Crippen molar-refractivity contribution in [2.24, 2.45) is 0 Å². The molecule has 2 aliphatic rings. The number of nitrogens with zero attached hydrogens (tertiary/aromatic N) is 5. The third-order valence-electron chi connectivity index (χ3n) is 4.07. The Kier molecular flexibility index (Phi) is 3.18. The van der Waals surface area contributed by atoms with E-state index in [9.17, 15) is 0 Å². The minimum atomic E-state index is 0.708. The molecule has 5 heteroatoms. The fourth-order valence-electron chi connectivity index (χ4n) is 2.76. The molecule has 0 aromatic carbocycles. The first-order valence-electron chi connectivity index (χ1n) is 6.69. The van der Waals surface area contributed by atoms with E-state index in [1.165, 1.54) is 26.2 Å².